The average molecular weight is 452 g/mol. The molecule has 0 bridgehead atoms. The summed E-state index contributed by atoms with van der Waals surface area (Å²) in [4.78, 5) is 24.6. The zero-order chi connectivity index (χ0) is 23.4. The van der Waals surface area contributed by atoms with Crippen LogP contribution in [-0.4, -0.2) is 46.2 Å². The molecule has 1 aromatic heterocycles. The molecule has 1 aliphatic heterocycles. The summed E-state index contributed by atoms with van der Waals surface area (Å²) in [7, 11) is 1.88. The monoisotopic (exact) mass is 451 g/mol. The summed E-state index contributed by atoms with van der Waals surface area (Å²) in [5, 5.41) is 10.5. The second kappa shape index (κ2) is 9.81. The van der Waals surface area contributed by atoms with E-state index in [1.54, 1.807) is 23.0 Å². The van der Waals surface area contributed by atoms with Crippen molar-refractivity contribution in [3.63, 3.8) is 0 Å². The van der Waals surface area contributed by atoms with Crippen LogP contribution in [0.1, 0.15) is 24.6 Å². The van der Waals surface area contributed by atoms with Gasteiger partial charge < -0.3 is 10.1 Å². The number of nitrogens with one attached hydrogen (secondary N) is 1. The van der Waals surface area contributed by atoms with Crippen LogP contribution >= 0.6 is 0 Å². The molecule has 0 aliphatic carbocycles. The highest BCUT2D eigenvalue weighted by Crippen LogP contribution is 2.29. The van der Waals surface area contributed by atoms with E-state index in [1.165, 1.54) is 23.5 Å². The second-order valence-corrected chi connectivity index (χ2v) is 8.12. The van der Waals surface area contributed by atoms with Gasteiger partial charge in [-0.3, -0.25) is 14.4 Å². The van der Waals surface area contributed by atoms with Crippen molar-refractivity contribution in [2.75, 3.05) is 18.0 Å². The normalized spacial score (nSPS) is 15.5. The predicted molar refractivity (Wildman–Crippen MR) is 121 cm³/mol. The van der Waals surface area contributed by atoms with Crippen LogP contribution in [-0.2, 0) is 29.4 Å². The molecular weight excluding hydrogens is 425 g/mol. The SMILES string of the molecule is CC(=O)NC[C@H]1CN(c2ccc(-c3ccc(CCCc4cnnn4C)cc3)c(F)c2)C(=O)O1. The van der Waals surface area contributed by atoms with Crippen molar-refractivity contribution in [3.8, 4) is 11.1 Å². The topological polar surface area (TPSA) is 89.4 Å². The Labute approximate surface area is 191 Å². The Bertz CT molecular complexity index is 1150. The molecule has 3 aromatic rings. The standard InChI is InChI=1S/C24H26FN5O3/c1-16(31)26-14-21-15-30(24(32)33-21)19-10-11-22(23(25)12-19)18-8-6-17(7-9-18)4-3-5-20-13-27-28-29(20)2/h6-13,21H,3-5,14-15H2,1-2H3,(H,26,31)/t21-/m0/s1. The van der Waals surface area contributed by atoms with Crippen molar-refractivity contribution in [2.24, 2.45) is 7.05 Å². The number of aryl methyl sites for hydroxylation is 3. The summed E-state index contributed by atoms with van der Waals surface area (Å²) < 4.78 is 21.9. The Hall–Kier alpha value is -3.75. The van der Waals surface area contributed by atoms with Gasteiger partial charge in [-0.1, -0.05) is 29.5 Å². The third-order valence-electron chi connectivity index (χ3n) is 5.69. The van der Waals surface area contributed by atoms with Crippen molar-refractivity contribution in [1.82, 2.24) is 20.3 Å². The highest BCUT2D eigenvalue weighted by Gasteiger charge is 2.32. The van der Waals surface area contributed by atoms with Crippen LogP contribution in [0.2, 0.25) is 0 Å². The van der Waals surface area contributed by atoms with E-state index in [2.05, 4.69) is 15.6 Å². The molecule has 2 aromatic carbocycles. The summed E-state index contributed by atoms with van der Waals surface area (Å²) in [6.07, 6.45) is 3.53. The van der Waals surface area contributed by atoms with Crippen LogP contribution in [0.5, 0.6) is 0 Å². The Balaban J connectivity index is 1.38. The number of hydrogen-bond acceptors (Lipinski definition) is 5. The molecule has 0 radical (unpaired) electrons. The number of anilines is 1. The smallest absolute Gasteiger partial charge is 0.414 e. The van der Waals surface area contributed by atoms with E-state index in [0.29, 0.717) is 11.3 Å². The van der Waals surface area contributed by atoms with Crippen LogP contribution < -0.4 is 10.2 Å². The van der Waals surface area contributed by atoms with Gasteiger partial charge in [0.1, 0.15) is 11.9 Å². The number of benzene rings is 2. The minimum absolute atomic E-state index is 0.198. The highest BCUT2D eigenvalue weighted by atomic mass is 19.1. The summed E-state index contributed by atoms with van der Waals surface area (Å²) in [5.74, 6) is -0.612. The third-order valence-corrected chi connectivity index (χ3v) is 5.69. The van der Waals surface area contributed by atoms with E-state index in [4.69, 9.17) is 4.74 Å². The molecule has 9 heteroatoms. The van der Waals surface area contributed by atoms with Crippen LogP contribution in [0.4, 0.5) is 14.9 Å². The quantitative estimate of drug-likeness (QED) is 0.568. The fourth-order valence-electron chi connectivity index (χ4n) is 3.86. The van der Waals surface area contributed by atoms with Crippen molar-refractivity contribution < 1.29 is 18.7 Å². The molecule has 2 heterocycles. The lowest BCUT2D eigenvalue weighted by Crippen LogP contribution is -2.33. The number of halogens is 1. The van der Waals surface area contributed by atoms with Gasteiger partial charge in [-0.25, -0.2) is 9.18 Å². The molecule has 1 N–H and O–H groups in total. The van der Waals surface area contributed by atoms with Gasteiger partial charge in [-0.15, -0.1) is 5.10 Å². The summed E-state index contributed by atoms with van der Waals surface area (Å²) >= 11 is 0. The molecule has 2 amide bonds. The molecular formula is C24H26FN5O3. The number of hydrogen-bond donors (Lipinski definition) is 1. The molecule has 4 rings (SSSR count). The van der Waals surface area contributed by atoms with Crippen LogP contribution in [0, 0.1) is 5.82 Å². The van der Waals surface area contributed by atoms with E-state index in [1.807, 2.05) is 31.3 Å². The Morgan fingerprint density at radius 1 is 1.21 bits per heavy atom. The maximum atomic E-state index is 14.9. The molecule has 0 unspecified atom stereocenters. The summed E-state index contributed by atoms with van der Waals surface area (Å²) in [6, 6.07) is 12.6. The molecule has 1 aliphatic rings. The van der Waals surface area contributed by atoms with Gasteiger partial charge in [0.2, 0.25) is 5.91 Å². The van der Waals surface area contributed by atoms with Crippen LogP contribution in [0.25, 0.3) is 11.1 Å². The van der Waals surface area contributed by atoms with Gasteiger partial charge in [0, 0.05) is 19.5 Å². The lowest BCUT2D eigenvalue weighted by atomic mass is 10.0. The number of ether oxygens (including phenoxy) is 1. The number of amides is 2. The van der Waals surface area contributed by atoms with Gasteiger partial charge in [-0.05, 0) is 48.6 Å². The second-order valence-electron chi connectivity index (χ2n) is 8.12. The Morgan fingerprint density at radius 3 is 2.67 bits per heavy atom. The minimum atomic E-state index is -0.552. The van der Waals surface area contributed by atoms with Crippen LogP contribution in [0.3, 0.4) is 0 Å². The zero-order valence-corrected chi connectivity index (χ0v) is 18.6. The lowest BCUT2D eigenvalue weighted by Gasteiger charge is -2.14. The predicted octanol–water partition coefficient (Wildman–Crippen LogP) is 3.26. The molecule has 1 fully saturated rings. The average Bonchev–Trinajstić information content (AvgIpc) is 3.38. The van der Waals surface area contributed by atoms with Gasteiger partial charge in [0.25, 0.3) is 0 Å². The minimum Gasteiger partial charge on any atom is -0.442 e. The fraction of sp³-hybridized carbons (Fsp3) is 0.333. The van der Waals surface area contributed by atoms with Crippen molar-refractivity contribution >= 4 is 17.7 Å². The van der Waals surface area contributed by atoms with E-state index in [9.17, 15) is 14.0 Å². The number of carbonyl (C=O) groups is 2. The molecule has 0 spiro atoms. The summed E-state index contributed by atoms with van der Waals surface area (Å²) in [6.45, 7) is 1.88. The Morgan fingerprint density at radius 2 is 2.00 bits per heavy atom. The zero-order valence-electron chi connectivity index (χ0n) is 18.6. The van der Waals surface area contributed by atoms with Gasteiger partial charge in [0.15, 0.2) is 0 Å². The summed E-state index contributed by atoms with van der Waals surface area (Å²) in [5.41, 5.74) is 3.93. The van der Waals surface area contributed by atoms with E-state index in [0.717, 1.165) is 30.5 Å². The number of cyclic esters (lactones) is 1. The molecule has 1 saturated heterocycles. The van der Waals surface area contributed by atoms with E-state index < -0.39 is 18.0 Å². The van der Waals surface area contributed by atoms with Gasteiger partial charge >= 0.3 is 6.09 Å². The first-order chi connectivity index (χ1) is 15.9. The molecule has 0 saturated carbocycles. The molecule has 8 nitrogen and oxygen atoms in total. The lowest BCUT2D eigenvalue weighted by molar-refractivity contribution is -0.119. The number of nitrogens with zero attached hydrogens (tertiary/aromatic N) is 4. The third kappa shape index (κ3) is 5.36. The van der Waals surface area contributed by atoms with Gasteiger partial charge in [0.05, 0.1) is 30.7 Å². The molecule has 1 atom stereocenters. The van der Waals surface area contributed by atoms with Gasteiger partial charge in [-0.2, -0.15) is 0 Å². The highest BCUT2D eigenvalue weighted by molar-refractivity contribution is 5.90. The fourth-order valence-corrected chi connectivity index (χ4v) is 3.86. The number of carbonyl (C=O) groups excluding carboxylic acids is 2. The first kappa shape index (κ1) is 22.4. The van der Waals surface area contributed by atoms with E-state index >= 15 is 0 Å². The van der Waals surface area contributed by atoms with Crippen LogP contribution in [0.15, 0.2) is 48.7 Å². The first-order valence-corrected chi connectivity index (χ1v) is 10.9. The van der Waals surface area contributed by atoms with Crippen molar-refractivity contribution in [3.05, 3.63) is 65.7 Å². The van der Waals surface area contributed by atoms with Crippen molar-refractivity contribution in [1.29, 1.82) is 0 Å². The van der Waals surface area contributed by atoms with Crippen molar-refractivity contribution in [2.45, 2.75) is 32.3 Å². The molecule has 172 valence electrons. The number of aromatic nitrogens is 3. The molecule has 33 heavy (non-hydrogen) atoms. The van der Waals surface area contributed by atoms with E-state index in [-0.39, 0.29) is 19.0 Å². The number of rotatable bonds is 8. The largest absolute Gasteiger partial charge is 0.442 e. The maximum Gasteiger partial charge on any atom is 0.414 e. The Kier molecular flexibility index (Phi) is 6.67. The first-order valence-electron chi connectivity index (χ1n) is 10.9. The maximum absolute atomic E-state index is 14.9.